The molecule has 6 nitrogen and oxygen atoms in total. The zero-order valence-electron chi connectivity index (χ0n) is 16.0. The van der Waals surface area contributed by atoms with Crippen LogP contribution in [-0.2, 0) is 13.0 Å². The lowest BCUT2D eigenvalue weighted by Gasteiger charge is -2.36. The van der Waals surface area contributed by atoms with Gasteiger partial charge in [0.05, 0.1) is 0 Å². The molecule has 3 rings (SSSR count). The first kappa shape index (κ1) is 22.2. The molecule has 1 saturated heterocycles. The Morgan fingerprint density at radius 1 is 1.22 bits per heavy atom. The van der Waals surface area contributed by atoms with Crippen molar-refractivity contribution >= 4 is 58.4 Å². The number of halogens is 1. The number of guanidine groups is 1. The van der Waals surface area contributed by atoms with Crippen molar-refractivity contribution in [3.05, 3.63) is 35.7 Å². The lowest BCUT2D eigenvalue weighted by atomic mass is 10.2. The molecule has 0 atom stereocenters. The van der Waals surface area contributed by atoms with Gasteiger partial charge in [-0.3, -0.25) is 4.99 Å². The zero-order valence-corrected chi connectivity index (χ0v) is 20.0. The third kappa shape index (κ3) is 5.95. The largest absolute Gasteiger partial charge is 0.352 e. The molecule has 1 aliphatic heterocycles. The Morgan fingerprint density at radius 2 is 1.93 bits per heavy atom. The van der Waals surface area contributed by atoms with E-state index in [0.717, 1.165) is 56.1 Å². The third-order valence-corrected chi connectivity index (χ3v) is 6.00. The van der Waals surface area contributed by atoms with Crippen molar-refractivity contribution in [2.45, 2.75) is 24.8 Å². The maximum absolute atomic E-state index is 4.60. The summed E-state index contributed by atoms with van der Waals surface area (Å²) in [6.45, 7) is 6.65. The summed E-state index contributed by atoms with van der Waals surface area (Å²) in [4.78, 5) is 15.0. The van der Waals surface area contributed by atoms with Crippen LogP contribution in [0, 0.1) is 0 Å². The van der Waals surface area contributed by atoms with E-state index in [4.69, 9.17) is 0 Å². The van der Waals surface area contributed by atoms with Crippen LogP contribution in [0.3, 0.4) is 0 Å². The Morgan fingerprint density at radius 3 is 2.48 bits per heavy atom. The Bertz CT molecular complexity index is 726. The molecule has 27 heavy (non-hydrogen) atoms. The van der Waals surface area contributed by atoms with E-state index in [9.17, 15) is 0 Å². The van der Waals surface area contributed by atoms with E-state index in [0.29, 0.717) is 0 Å². The minimum absolute atomic E-state index is 0. The molecule has 9 heteroatoms. The number of anilines is 1. The predicted octanol–water partition coefficient (Wildman–Crippen LogP) is 3.34. The quantitative estimate of drug-likeness (QED) is 0.284. The highest BCUT2D eigenvalue weighted by Gasteiger charge is 2.21. The number of aryl methyl sites for hydroxylation is 1. The minimum Gasteiger partial charge on any atom is -0.352 e. The van der Waals surface area contributed by atoms with Crippen molar-refractivity contribution in [1.29, 1.82) is 0 Å². The van der Waals surface area contributed by atoms with Crippen molar-refractivity contribution in [1.82, 2.24) is 19.6 Å². The standard InChI is InChI=1S/C18H26N6S2.HI/c1-4-16-21-18(26-22-16)24-11-9-23(10-12-24)17(19-2)20-13-14-5-7-15(25-3)8-6-14;/h5-8H,4,9-13H2,1-3H3,(H,19,20);1H. The number of nitrogens with zero attached hydrogens (tertiary/aromatic N) is 5. The van der Waals surface area contributed by atoms with Gasteiger partial charge in [0.2, 0.25) is 5.13 Å². The van der Waals surface area contributed by atoms with E-state index < -0.39 is 0 Å². The van der Waals surface area contributed by atoms with E-state index in [2.05, 4.69) is 66.9 Å². The SMILES string of the molecule is CCc1nsc(N2CCN(C(=NC)NCc3ccc(SC)cc3)CC2)n1.I. The van der Waals surface area contributed by atoms with E-state index in [-0.39, 0.29) is 24.0 Å². The zero-order chi connectivity index (χ0) is 18.4. The Kier molecular flexibility index (Phi) is 9.10. The molecule has 1 N–H and O–H groups in total. The van der Waals surface area contributed by atoms with Gasteiger partial charge in [-0.15, -0.1) is 35.7 Å². The fourth-order valence-corrected chi connectivity index (χ4v) is 4.09. The number of aromatic nitrogens is 2. The van der Waals surface area contributed by atoms with Crippen LogP contribution in [0.2, 0.25) is 0 Å². The van der Waals surface area contributed by atoms with Crippen LogP contribution in [0.25, 0.3) is 0 Å². The number of rotatable bonds is 5. The molecule has 0 radical (unpaired) electrons. The molecule has 0 unspecified atom stereocenters. The molecule has 0 spiro atoms. The molecular weight excluding hydrogens is 491 g/mol. The van der Waals surface area contributed by atoms with Crippen molar-refractivity contribution in [2.75, 3.05) is 44.4 Å². The molecule has 1 fully saturated rings. The summed E-state index contributed by atoms with van der Waals surface area (Å²) >= 11 is 3.27. The van der Waals surface area contributed by atoms with E-state index in [1.165, 1.54) is 22.0 Å². The molecule has 2 heterocycles. The lowest BCUT2D eigenvalue weighted by Crippen LogP contribution is -2.52. The van der Waals surface area contributed by atoms with Gasteiger partial charge < -0.3 is 15.1 Å². The van der Waals surface area contributed by atoms with Gasteiger partial charge >= 0.3 is 0 Å². The van der Waals surface area contributed by atoms with Crippen LogP contribution >= 0.6 is 47.3 Å². The van der Waals surface area contributed by atoms with Gasteiger partial charge in [0.1, 0.15) is 5.82 Å². The summed E-state index contributed by atoms with van der Waals surface area (Å²) < 4.78 is 4.39. The Balaban J connectivity index is 0.00000261. The molecule has 0 aliphatic carbocycles. The van der Waals surface area contributed by atoms with Gasteiger partial charge in [0, 0.05) is 62.6 Å². The van der Waals surface area contributed by atoms with Crippen LogP contribution in [0.4, 0.5) is 5.13 Å². The highest BCUT2D eigenvalue weighted by atomic mass is 127. The van der Waals surface area contributed by atoms with Crippen LogP contribution in [0.1, 0.15) is 18.3 Å². The monoisotopic (exact) mass is 518 g/mol. The molecule has 1 aromatic carbocycles. The number of aliphatic imine (C=N–C) groups is 1. The molecule has 0 saturated carbocycles. The van der Waals surface area contributed by atoms with E-state index >= 15 is 0 Å². The maximum atomic E-state index is 4.60. The molecule has 148 valence electrons. The first-order chi connectivity index (χ1) is 12.7. The van der Waals surface area contributed by atoms with Gasteiger partial charge in [-0.2, -0.15) is 4.37 Å². The smallest absolute Gasteiger partial charge is 0.205 e. The number of nitrogens with one attached hydrogen (secondary N) is 1. The van der Waals surface area contributed by atoms with E-state index in [1.807, 2.05) is 7.05 Å². The molecule has 2 aromatic rings. The number of thioether (sulfide) groups is 1. The van der Waals surface area contributed by atoms with Crippen molar-refractivity contribution in [2.24, 2.45) is 4.99 Å². The lowest BCUT2D eigenvalue weighted by molar-refractivity contribution is 0.372. The fourth-order valence-electron chi connectivity index (χ4n) is 2.88. The molecule has 0 bridgehead atoms. The second kappa shape index (κ2) is 11.1. The fraction of sp³-hybridized carbons (Fsp3) is 0.500. The van der Waals surface area contributed by atoms with Gasteiger partial charge in [-0.25, -0.2) is 4.98 Å². The third-order valence-electron chi connectivity index (χ3n) is 4.44. The van der Waals surface area contributed by atoms with Crippen LogP contribution < -0.4 is 10.2 Å². The second-order valence-corrected chi connectivity index (χ2v) is 7.68. The summed E-state index contributed by atoms with van der Waals surface area (Å²) in [5.74, 6) is 1.91. The molecule has 1 aliphatic rings. The number of piperazine rings is 1. The van der Waals surface area contributed by atoms with Gasteiger partial charge in [0.15, 0.2) is 5.96 Å². The highest BCUT2D eigenvalue weighted by Crippen LogP contribution is 2.19. The first-order valence-electron chi connectivity index (χ1n) is 8.89. The van der Waals surface area contributed by atoms with Gasteiger partial charge in [0.25, 0.3) is 0 Å². The number of hydrogen-bond donors (Lipinski definition) is 1. The first-order valence-corrected chi connectivity index (χ1v) is 10.9. The van der Waals surface area contributed by atoms with Crippen molar-refractivity contribution < 1.29 is 0 Å². The van der Waals surface area contributed by atoms with Crippen LogP contribution in [0.5, 0.6) is 0 Å². The van der Waals surface area contributed by atoms with Gasteiger partial charge in [-0.1, -0.05) is 19.1 Å². The van der Waals surface area contributed by atoms with Crippen molar-refractivity contribution in [3.8, 4) is 0 Å². The molecular formula is C18H27IN6S2. The summed E-state index contributed by atoms with van der Waals surface area (Å²) in [5, 5.41) is 4.53. The second-order valence-electron chi connectivity index (χ2n) is 6.07. The minimum atomic E-state index is 0. The number of benzene rings is 1. The van der Waals surface area contributed by atoms with Gasteiger partial charge in [-0.05, 0) is 24.0 Å². The maximum Gasteiger partial charge on any atom is 0.205 e. The number of hydrogen-bond acceptors (Lipinski definition) is 6. The highest BCUT2D eigenvalue weighted by molar-refractivity contribution is 14.0. The summed E-state index contributed by atoms with van der Waals surface area (Å²) in [6.07, 6.45) is 2.99. The average molecular weight is 518 g/mol. The summed E-state index contributed by atoms with van der Waals surface area (Å²) in [7, 11) is 1.85. The van der Waals surface area contributed by atoms with Crippen LogP contribution in [0.15, 0.2) is 34.2 Å². The summed E-state index contributed by atoms with van der Waals surface area (Å²) in [5.41, 5.74) is 1.27. The molecule has 0 amide bonds. The summed E-state index contributed by atoms with van der Waals surface area (Å²) in [6, 6.07) is 8.67. The normalized spacial score (nSPS) is 14.9. The Hall–Kier alpha value is -1.07. The predicted molar refractivity (Wildman–Crippen MR) is 127 cm³/mol. The topological polar surface area (TPSA) is 56.7 Å². The van der Waals surface area contributed by atoms with Crippen molar-refractivity contribution in [3.63, 3.8) is 0 Å². The molecule has 1 aromatic heterocycles. The van der Waals surface area contributed by atoms with E-state index in [1.54, 1.807) is 11.8 Å². The Labute approximate surface area is 187 Å². The van der Waals surface area contributed by atoms with Crippen LogP contribution in [-0.4, -0.2) is 59.7 Å². The average Bonchev–Trinajstić information content (AvgIpc) is 3.19.